The Hall–Kier alpha value is -1.19. The minimum absolute atomic E-state index is 0.787. The molecule has 0 spiro atoms. The number of hydrogen-bond donors (Lipinski definition) is 0. The molecule has 118 valence electrons. The van der Waals surface area contributed by atoms with Gasteiger partial charge in [-0.25, -0.2) is 4.98 Å². The lowest BCUT2D eigenvalue weighted by Crippen LogP contribution is -2.14. The Labute approximate surface area is 145 Å². The van der Waals surface area contributed by atoms with Crippen LogP contribution in [0.2, 0.25) is 0 Å². The molecule has 0 N–H and O–H groups in total. The zero-order valence-electron chi connectivity index (χ0n) is 13.5. The van der Waals surface area contributed by atoms with Crippen molar-refractivity contribution in [1.82, 2.24) is 4.98 Å². The summed E-state index contributed by atoms with van der Waals surface area (Å²) < 4.78 is 0. The van der Waals surface area contributed by atoms with Gasteiger partial charge >= 0.3 is 0 Å². The van der Waals surface area contributed by atoms with Crippen LogP contribution in [0.1, 0.15) is 47.9 Å². The molecule has 0 fully saturated rings. The third-order valence-corrected chi connectivity index (χ3v) is 7.56. The Balaban J connectivity index is 1.88. The SMILES string of the molecule is C[C@H]1CCc2nc3sc4c(c3c(-c3cccs3)c2C1)CCCC4. The van der Waals surface area contributed by atoms with Crippen LogP contribution in [0.4, 0.5) is 0 Å². The number of aryl methyl sites for hydroxylation is 3. The fraction of sp³-hybridized carbons (Fsp3) is 0.450. The lowest BCUT2D eigenvalue weighted by molar-refractivity contribution is 0.496. The molecule has 0 amide bonds. The molecular weight excluding hydrogens is 318 g/mol. The molecule has 2 aliphatic carbocycles. The average molecular weight is 340 g/mol. The van der Waals surface area contributed by atoms with E-state index in [1.165, 1.54) is 59.3 Å². The molecule has 3 aromatic rings. The van der Waals surface area contributed by atoms with Gasteiger partial charge in [0.05, 0.1) is 0 Å². The number of fused-ring (bicyclic) bond motifs is 4. The van der Waals surface area contributed by atoms with Gasteiger partial charge in [0.2, 0.25) is 0 Å². The van der Waals surface area contributed by atoms with E-state index in [0.717, 1.165) is 12.3 Å². The molecule has 0 saturated carbocycles. The lowest BCUT2D eigenvalue weighted by atomic mass is 9.83. The monoisotopic (exact) mass is 339 g/mol. The van der Waals surface area contributed by atoms with Crippen LogP contribution >= 0.6 is 22.7 Å². The predicted molar refractivity (Wildman–Crippen MR) is 101 cm³/mol. The minimum atomic E-state index is 0.787. The minimum Gasteiger partial charge on any atom is -0.242 e. The van der Waals surface area contributed by atoms with E-state index in [1.807, 2.05) is 22.7 Å². The molecule has 0 unspecified atom stereocenters. The number of hydrogen-bond acceptors (Lipinski definition) is 3. The molecule has 3 heteroatoms. The normalized spacial score (nSPS) is 20.5. The highest BCUT2D eigenvalue weighted by molar-refractivity contribution is 7.19. The van der Waals surface area contributed by atoms with E-state index in [-0.39, 0.29) is 0 Å². The molecule has 0 bridgehead atoms. The number of aromatic nitrogens is 1. The molecular formula is C20H21NS2. The number of thiophene rings is 2. The van der Waals surface area contributed by atoms with Crippen molar-refractivity contribution < 1.29 is 0 Å². The van der Waals surface area contributed by atoms with Gasteiger partial charge in [-0.05, 0) is 73.4 Å². The van der Waals surface area contributed by atoms with E-state index >= 15 is 0 Å². The third kappa shape index (κ3) is 2.20. The maximum atomic E-state index is 5.15. The van der Waals surface area contributed by atoms with Crippen LogP contribution in [0, 0.1) is 5.92 Å². The second-order valence-corrected chi connectivity index (χ2v) is 9.16. The third-order valence-electron chi connectivity index (χ3n) is 5.48. The van der Waals surface area contributed by atoms with Crippen LogP contribution in [0.5, 0.6) is 0 Å². The van der Waals surface area contributed by atoms with Crippen molar-refractivity contribution in [3.05, 3.63) is 39.2 Å². The zero-order valence-corrected chi connectivity index (χ0v) is 15.2. The van der Waals surface area contributed by atoms with Gasteiger partial charge < -0.3 is 0 Å². The predicted octanol–water partition coefficient (Wildman–Crippen LogP) is 6.03. The average Bonchev–Trinajstić information content (AvgIpc) is 3.20. The summed E-state index contributed by atoms with van der Waals surface area (Å²) in [7, 11) is 0. The van der Waals surface area contributed by atoms with E-state index in [9.17, 15) is 0 Å². The molecule has 0 saturated heterocycles. The number of nitrogens with zero attached hydrogens (tertiary/aromatic N) is 1. The Morgan fingerprint density at radius 3 is 2.91 bits per heavy atom. The van der Waals surface area contributed by atoms with Crippen LogP contribution in [0.3, 0.4) is 0 Å². The Bertz CT molecular complexity index is 873. The molecule has 3 heterocycles. The summed E-state index contributed by atoms with van der Waals surface area (Å²) in [6.45, 7) is 2.40. The van der Waals surface area contributed by atoms with E-state index in [1.54, 1.807) is 21.6 Å². The molecule has 0 aliphatic heterocycles. The Morgan fingerprint density at radius 2 is 2.04 bits per heavy atom. The van der Waals surface area contributed by atoms with E-state index < -0.39 is 0 Å². The molecule has 1 atom stereocenters. The summed E-state index contributed by atoms with van der Waals surface area (Å²) in [6, 6.07) is 4.51. The van der Waals surface area contributed by atoms with Crippen LogP contribution in [0.25, 0.3) is 20.7 Å². The summed E-state index contributed by atoms with van der Waals surface area (Å²) in [6.07, 6.45) is 8.87. The Kier molecular flexibility index (Phi) is 3.34. The van der Waals surface area contributed by atoms with E-state index in [4.69, 9.17) is 4.98 Å². The smallest absolute Gasteiger partial charge is 0.124 e. The standard InChI is InChI=1S/C20H21NS2/c1-12-8-9-15-14(11-12)18(17-7-4-10-22-17)19-13-5-2-3-6-16(13)23-20(19)21-15/h4,7,10,12H,2-3,5-6,8-9,11H2,1H3/t12-/m0/s1. The van der Waals surface area contributed by atoms with Gasteiger partial charge in [0, 0.05) is 26.4 Å². The molecule has 0 aromatic carbocycles. The van der Waals surface area contributed by atoms with Crippen molar-refractivity contribution in [2.45, 2.75) is 51.9 Å². The van der Waals surface area contributed by atoms with Gasteiger partial charge in [-0.15, -0.1) is 22.7 Å². The molecule has 3 aromatic heterocycles. The summed E-state index contributed by atoms with van der Waals surface area (Å²) in [4.78, 5) is 9.53. The largest absolute Gasteiger partial charge is 0.242 e. The van der Waals surface area contributed by atoms with Crippen molar-refractivity contribution in [2.24, 2.45) is 5.92 Å². The van der Waals surface area contributed by atoms with Crippen LogP contribution < -0.4 is 0 Å². The second kappa shape index (κ2) is 5.42. The molecule has 5 rings (SSSR count). The highest BCUT2D eigenvalue weighted by Crippen LogP contribution is 2.45. The van der Waals surface area contributed by atoms with Crippen LogP contribution in [-0.2, 0) is 25.7 Å². The maximum absolute atomic E-state index is 5.15. The Morgan fingerprint density at radius 1 is 1.13 bits per heavy atom. The van der Waals surface area contributed by atoms with E-state index in [0.29, 0.717) is 0 Å². The summed E-state index contributed by atoms with van der Waals surface area (Å²) in [5, 5.41) is 3.74. The zero-order chi connectivity index (χ0) is 15.4. The van der Waals surface area contributed by atoms with Gasteiger partial charge in [0.15, 0.2) is 0 Å². The fourth-order valence-corrected chi connectivity index (χ4v) is 6.42. The number of rotatable bonds is 1. The van der Waals surface area contributed by atoms with Gasteiger partial charge in [0.1, 0.15) is 4.83 Å². The topological polar surface area (TPSA) is 12.9 Å². The molecule has 23 heavy (non-hydrogen) atoms. The highest BCUT2D eigenvalue weighted by Gasteiger charge is 2.27. The van der Waals surface area contributed by atoms with Crippen molar-refractivity contribution >= 4 is 32.9 Å². The maximum Gasteiger partial charge on any atom is 0.124 e. The summed E-state index contributed by atoms with van der Waals surface area (Å²) >= 11 is 3.87. The van der Waals surface area contributed by atoms with Gasteiger partial charge in [0.25, 0.3) is 0 Å². The second-order valence-electron chi connectivity index (χ2n) is 7.13. The van der Waals surface area contributed by atoms with Crippen molar-refractivity contribution in [2.75, 3.05) is 0 Å². The van der Waals surface area contributed by atoms with Crippen LogP contribution in [-0.4, -0.2) is 4.98 Å². The van der Waals surface area contributed by atoms with Crippen molar-refractivity contribution in [1.29, 1.82) is 0 Å². The fourth-order valence-electron chi connectivity index (χ4n) is 4.33. The van der Waals surface area contributed by atoms with Crippen molar-refractivity contribution in [3.8, 4) is 10.4 Å². The lowest BCUT2D eigenvalue weighted by Gasteiger charge is -2.24. The van der Waals surface area contributed by atoms with Crippen LogP contribution in [0.15, 0.2) is 17.5 Å². The highest BCUT2D eigenvalue weighted by atomic mass is 32.1. The first-order chi connectivity index (χ1) is 11.3. The molecule has 2 aliphatic rings. The molecule has 0 radical (unpaired) electrons. The summed E-state index contributed by atoms with van der Waals surface area (Å²) in [5.74, 6) is 0.787. The van der Waals surface area contributed by atoms with Gasteiger partial charge in [-0.1, -0.05) is 13.0 Å². The first-order valence-corrected chi connectivity index (χ1v) is 10.5. The quantitative estimate of drug-likeness (QED) is 0.527. The van der Waals surface area contributed by atoms with Gasteiger partial charge in [-0.3, -0.25) is 0 Å². The summed E-state index contributed by atoms with van der Waals surface area (Å²) in [5.41, 5.74) is 6.13. The van der Waals surface area contributed by atoms with E-state index in [2.05, 4.69) is 24.4 Å². The first kappa shape index (κ1) is 14.2. The molecule has 1 nitrogen and oxygen atoms in total. The van der Waals surface area contributed by atoms with Gasteiger partial charge in [-0.2, -0.15) is 0 Å². The number of pyridine rings is 1. The van der Waals surface area contributed by atoms with Crippen molar-refractivity contribution in [3.63, 3.8) is 0 Å². The first-order valence-electron chi connectivity index (χ1n) is 8.81.